The molecule has 48 heavy (non-hydrogen) atoms. The average molecular weight is 628 g/mol. The quantitative estimate of drug-likeness (QED) is 0.176. The molecule has 0 spiro atoms. The van der Waals surface area contributed by atoms with Gasteiger partial charge >= 0.3 is 0 Å². The van der Waals surface area contributed by atoms with Crippen LogP contribution >= 0.6 is 11.3 Å². The molecule has 1 aromatic heterocycles. The molecule has 2 heteroatoms. The second kappa shape index (κ2) is 10.8. The minimum atomic E-state index is 1.13. The summed E-state index contributed by atoms with van der Waals surface area (Å²) >= 11 is 1.86. The van der Waals surface area contributed by atoms with E-state index >= 15 is 0 Å². The molecule has 1 nitrogen and oxygen atoms in total. The Morgan fingerprint density at radius 1 is 0.292 bits per heavy atom. The molecule has 0 aliphatic heterocycles. The van der Waals surface area contributed by atoms with Gasteiger partial charge in [-0.25, -0.2) is 0 Å². The van der Waals surface area contributed by atoms with Crippen LogP contribution in [-0.2, 0) is 0 Å². The first-order valence-electron chi connectivity index (χ1n) is 16.4. The van der Waals surface area contributed by atoms with Crippen molar-refractivity contribution in [1.29, 1.82) is 0 Å². The van der Waals surface area contributed by atoms with Crippen molar-refractivity contribution < 1.29 is 0 Å². The molecule has 1 heterocycles. The summed E-state index contributed by atoms with van der Waals surface area (Å²) in [7, 11) is 0. The lowest BCUT2D eigenvalue weighted by atomic mass is 9.99. The van der Waals surface area contributed by atoms with Crippen molar-refractivity contribution in [1.82, 2.24) is 0 Å². The standard InChI is InChI=1S/C46H29NS/c1-3-9-39-31(7-1)15-16-35-27-37(24-25-41(35)39)47(38-23-19-33-14-13-32-8-2-4-10-40(32)43(33)29-38)36-21-17-30(18-22-36)34-20-26-46-44(28-34)42-11-5-6-12-45(42)48-46/h1-29H. The van der Waals surface area contributed by atoms with E-state index in [1.807, 2.05) is 11.3 Å². The third-order valence-electron chi connectivity index (χ3n) is 9.81. The van der Waals surface area contributed by atoms with Crippen LogP contribution < -0.4 is 4.90 Å². The van der Waals surface area contributed by atoms with Gasteiger partial charge in [0.1, 0.15) is 0 Å². The Morgan fingerprint density at radius 3 is 1.60 bits per heavy atom. The van der Waals surface area contributed by atoms with E-state index in [9.17, 15) is 0 Å². The van der Waals surface area contributed by atoms with Crippen LogP contribution in [0.4, 0.5) is 17.1 Å². The second-order valence-electron chi connectivity index (χ2n) is 12.6. The molecule has 0 bridgehead atoms. The highest BCUT2D eigenvalue weighted by Crippen LogP contribution is 2.41. The van der Waals surface area contributed by atoms with E-state index in [1.54, 1.807) is 0 Å². The van der Waals surface area contributed by atoms with Crippen LogP contribution in [0.25, 0.3) is 74.4 Å². The Morgan fingerprint density at radius 2 is 0.812 bits per heavy atom. The zero-order valence-electron chi connectivity index (χ0n) is 26.1. The van der Waals surface area contributed by atoms with Crippen LogP contribution in [0.5, 0.6) is 0 Å². The van der Waals surface area contributed by atoms with Crippen molar-refractivity contribution in [2.75, 3.05) is 4.90 Å². The Bertz CT molecular complexity index is 2840. The summed E-state index contributed by atoms with van der Waals surface area (Å²) in [4.78, 5) is 2.40. The first-order chi connectivity index (χ1) is 23.8. The summed E-state index contributed by atoms with van der Waals surface area (Å²) < 4.78 is 2.66. The molecular weight excluding hydrogens is 599 g/mol. The van der Waals surface area contributed by atoms with E-state index in [-0.39, 0.29) is 0 Å². The zero-order valence-corrected chi connectivity index (χ0v) is 26.9. The third kappa shape index (κ3) is 4.38. The average Bonchev–Trinajstić information content (AvgIpc) is 3.53. The zero-order chi connectivity index (χ0) is 31.6. The lowest BCUT2D eigenvalue weighted by molar-refractivity contribution is 1.30. The summed E-state index contributed by atoms with van der Waals surface area (Å²) in [6.45, 7) is 0. The summed E-state index contributed by atoms with van der Waals surface area (Å²) in [5.74, 6) is 0. The molecule has 0 saturated carbocycles. The van der Waals surface area contributed by atoms with Crippen molar-refractivity contribution >= 4 is 91.7 Å². The van der Waals surface area contributed by atoms with Gasteiger partial charge in [-0.05, 0) is 109 Å². The molecule has 0 saturated heterocycles. The van der Waals surface area contributed by atoms with Gasteiger partial charge in [0, 0.05) is 37.2 Å². The van der Waals surface area contributed by atoms with Crippen LogP contribution in [0.3, 0.4) is 0 Å². The molecule has 0 aliphatic carbocycles. The van der Waals surface area contributed by atoms with E-state index in [2.05, 4.69) is 181 Å². The molecule has 0 N–H and O–H groups in total. The first kappa shape index (κ1) is 27.2. The van der Waals surface area contributed by atoms with Crippen molar-refractivity contribution in [3.63, 3.8) is 0 Å². The van der Waals surface area contributed by atoms with Gasteiger partial charge in [0.15, 0.2) is 0 Å². The molecule has 0 fully saturated rings. The number of hydrogen-bond donors (Lipinski definition) is 0. The number of fused-ring (bicyclic) bond motifs is 9. The van der Waals surface area contributed by atoms with Crippen LogP contribution in [0, 0.1) is 0 Å². The van der Waals surface area contributed by atoms with Crippen LogP contribution in [0.2, 0.25) is 0 Å². The molecule has 0 unspecified atom stereocenters. The fraction of sp³-hybridized carbons (Fsp3) is 0. The first-order valence-corrected chi connectivity index (χ1v) is 17.2. The largest absolute Gasteiger partial charge is 0.310 e. The van der Waals surface area contributed by atoms with Crippen molar-refractivity contribution in [2.45, 2.75) is 0 Å². The summed E-state index contributed by atoms with van der Waals surface area (Å²) in [6.07, 6.45) is 0. The Hall–Kier alpha value is -5.96. The summed E-state index contributed by atoms with van der Waals surface area (Å²) in [5.41, 5.74) is 5.85. The van der Waals surface area contributed by atoms with E-state index < -0.39 is 0 Å². The van der Waals surface area contributed by atoms with Gasteiger partial charge in [0.05, 0.1) is 0 Å². The van der Waals surface area contributed by atoms with E-state index in [0.29, 0.717) is 0 Å². The summed E-state index contributed by atoms with van der Waals surface area (Å²) in [6, 6.07) is 64.7. The maximum Gasteiger partial charge on any atom is 0.0468 e. The van der Waals surface area contributed by atoms with E-state index in [0.717, 1.165) is 17.1 Å². The Balaban J connectivity index is 1.13. The van der Waals surface area contributed by atoms with Crippen molar-refractivity contribution in [2.24, 2.45) is 0 Å². The highest BCUT2D eigenvalue weighted by Gasteiger charge is 2.16. The predicted molar refractivity (Wildman–Crippen MR) is 209 cm³/mol. The SMILES string of the molecule is c1ccc2c(c1)ccc1cc(N(c3ccc(-c4ccc5sc6ccccc6c5c4)cc3)c3ccc4ccc5ccccc5c4c3)ccc12. The molecule has 0 atom stereocenters. The van der Waals surface area contributed by atoms with Gasteiger partial charge in [-0.3, -0.25) is 0 Å². The van der Waals surface area contributed by atoms with Crippen molar-refractivity contribution in [3.8, 4) is 11.1 Å². The number of nitrogens with zero attached hydrogens (tertiary/aromatic N) is 1. The second-order valence-corrected chi connectivity index (χ2v) is 13.7. The highest BCUT2D eigenvalue weighted by atomic mass is 32.1. The number of hydrogen-bond acceptors (Lipinski definition) is 2. The molecule has 0 aliphatic rings. The molecule has 9 aromatic carbocycles. The van der Waals surface area contributed by atoms with Crippen LogP contribution in [0.1, 0.15) is 0 Å². The van der Waals surface area contributed by atoms with Gasteiger partial charge in [-0.15, -0.1) is 11.3 Å². The molecular formula is C46H29NS. The maximum absolute atomic E-state index is 2.40. The Labute approximate surface area is 282 Å². The number of thiophene rings is 1. The maximum atomic E-state index is 2.40. The van der Waals surface area contributed by atoms with E-state index in [4.69, 9.17) is 0 Å². The molecule has 10 aromatic rings. The van der Waals surface area contributed by atoms with Crippen molar-refractivity contribution in [3.05, 3.63) is 176 Å². The lowest BCUT2D eigenvalue weighted by Gasteiger charge is -2.27. The fourth-order valence-electron chi connectivity index (χ4n) is 7.42. The molecule has 0 amide bonds. The fourth-order valence-corrected chi connectivity index (χ4v) is 8.51. The summed E-state index contributed by atoms with van der Waals surface area (Å²) in [5, 5.41) is 12.7. The third-order valence-corrected chi connectivity index (χ3v) is 11.0. The van der Waals surface area contributed by atoms with E-state index in [1.165, 1.54) is 74.4 Å². The smallest absolute Gasteiger partial charge is 0.0468 e. The van der Waals surface area contributed by atoms with Gasteiger partial charge < -0.3 is 4.90 Å². The van der Waals surface area contributed by atoms with Gasteiger partial charge in [-0.1, -0.05) is 121 Å². The minimum Gasteiger partial charge on any atom is -0.310 e. The van der Waals surface area contributed by atoms with Gasteiger partial charge in [0.25, 0.3) is 0 Å². The predicted octanol–water partition coefficient (Wildman–Crippen LogP) is 13.8. The van der Waals surface area contributed by atoms with Crippen LogP contribution in [0.15, 0.2) is 176 Å². The number of anilines is 3. The Kier molecular flexibility index (Phi) is 6.12. The lowest BCUT2D eigenvalue weighted by Crippen LogP contribution is -2.10. The monoisotopic (exact) mass is 627 g/mol. The molecule has 0 radical (unpaired) electrons. The van der Waals surface area contributed by atoms with Crippen LogP contribution in [-0.4, -0.2) is 0 Å². The number of benzene rings is 9. The normalized spacial score (nSPS) is 11.8. The molecule has 224 valence electrons. The topological polar surface area (TPSA) is 3.24 Å². The van der Waals surface area contributed by atoms with Gasteiger partial charge in [-0.2, -0.15) is 0 Å². The minimum absolute atomic E-state index is 1.13. The van der Waals surface area contributed by atoms with Gasteiger partial charge in [0.2, 0.25) is 0 Å². The highest BCUT2D eigenvalue weighted by molar-refractivity contribution is 7.25. The number of rotatable bonds is 4. The molecule has 10 rings (SSSR count).